The van der Waals surface area contributed by atoms with Gasteiger partial charge in [-0.15, -0.1) is 0 Å². The van der Waals surface area contributed by atoms with Gasteiger partial charge in [0.2, 0.25) is 0 Å². The van der Waals surface area contributed by atoms with Crippen molar-refractivity contribution < 1.29 is 9.47 Å². The molecule has 1 heterocycles. The standard InChI is InChI=1S/C20H19ClO2/c1-22-18-9-6-5-8-15(18)7-3-2-4-10-19-20(23-19)16-11-13-17(21)14-12-16/h5-6,8-9,11-14,19-20H,2,4,10H2,1H3. The van der Waals surface area contributed by atoms with E-state index in [1.54, 1.807) is 7.11 Å². The van der Waals surface area contributed by atoms with Gasteiger partial charge in [-0.2, -0.15) is 0 Å². The van der Waals surface area contributed by atoms with Crippen molar-refractivity contribution in [3.63, 3.8) is 0 Å². The number of para-hydroxylation sites is 1. The van der Waals surface area contributed by atoms with Gasteiger partial charge in [0.25, 0.3) is 0 Å². The van der Waals surface area contributed by atoms with Crippen LogP contribution in [0.15, 0.2) is 48.5 Å². The summed E-state index contributed by atoms with van der Waals surface area (Å²) in [5.74, 6) is 7.22. The minimum absolute atomic E-state index is 0.231. The molecule has 0 spiro atoms. The molecule has 2 nitrogen and oxygen atoms in total. The van der Waals surface area contributed by atoms with Gasteiger partial charge in [-0.05, 0) is 42.7 Å². The zero-order valence-corrected chi connectivity index (χ0v) is 13.8. The Morgan fingerprint density at radius 2 is 1.91 bits per heavy atom. The largest absolute Gasteiger partial charge is 0.495 e. The van der Waals surface area contributed by atoms with Crippen molar-refractivity contribution in [3.8, 4) is 17.6 Å². The summed E-state index contributed by atoms with van der Waals surface area (Å²) in [6.45, 7) is 0. The molecule has 1 saturated heterocycles. The summed E-state index contributed by atoms with van der Waals surface area (Å²) in [5.41, 5.74) is 2.15. The molecule has 2 aromatic carbocycles. The van der Waals surface area contributed by atoms with Crippen molar-refractivity contribution in [2.45, 2.75) is 31.5 Å². The normalized spacial score (nSPS) is 18.9. The molecular formula is C20H19ClO2. The van der Waals surface area contributed by atoms with Crippen LogP contribution in [-0.2, 0) is 4.74 Å². The minimum Gasteiger partial charge on any atom is -0.495 e. The summed E-state index contributed by atoms with van der Waals surface area (Å²) in [6, 6.07) is 15.7. The van der Waals surface area contributed by atoms with Gasteiger partial charge in [-0.3, -0.25) is 0 Å². The van der Waals surface area contributed by atoms with Crippen molar-refractivity contribution in [2.75, 3.05) is 7.11 Å². The fraction of sp³-hybridized carbons (Fsp3) is 0.300. The average Bonchev–Trinajstić information content (AvgIpc) is 3.35. The van der Waals surface area contributed by atoms with Crippen LogP contribution in [0.2, 0.25) is 5.02 Å². The highest BCUT2D eigenvalue weighted by Crippen LogP contribution is 2.41. The fourth-order valence-corrected chi connectivity index (χ4v) is 2.73. The fourth-order valence-electron chi connectivity index (χ4n) is 2.61. The second-order valence-corrected chi connectivity index (χ2v) is 5.98. The molecule has 2 atom stereocenters. The van der Waals surface area contributed by atoms with E-state index in [9.17, 15) is 0 Å². The third kappa shape index (κ3) is 4.28. The number of unbranched alkanes of at least 4 members (excludes halogenated alkanes) is 1. The van der Waals surface area contributed by atoms with Crippen LogP contribution in [0.1, 0.15) is 36.5 Å². The van der Waals surface area contributed by atoms with E-state index >= 15 is 0 Å². The van der Waals surface area contributed by atoms with Gasteiger partial charge in [0.1, 0.15) is 11.9 Å². The first-order chi connectivity index (χ1) is 11.3. The number of hydrogen-bond donors (Lipinski definition) is 0. The highest BCUT2D eigenvalue weighted by Gasteiger charge is 2.39. The summed E-state index contributed by atoms with van der Waals surface area (Å²) >= 11 is 5.90. The zero-order chi connectivity index (χ0) is 16.1. The van der Waals surface area contributed by atoms with Crippen molar-refractivity contribution in [3.05, 3.63) is 64.7 Å². The maximum atomic E-state index is 5.90. The van der Waals surface area contributed by atoms with E-state index in [0.717, 1.165) is 35.6 Å². The highest BCUT2D eigenvalue weighted by atomic mass is 35.5. The summed E-state index contributed by atoms with van der Waals surface area (Å²) < 4.78 is 11.0. The van der Waals surface area contributed by atoms with Gasteiger partial charge in [0.05, 0.1) is 18.8 Å². The van der Waals surface area contributed by atoms with Gasteiger partial charge in [0, 0.05) is 11.4 Å². The maximum Gasteiger partial charge on any atom is 0.134 e. The van der Waals surface area contributed by atoms with Crippen LogP contribution in [0.5, 0.6) is 5.75 Å². The molecule has 23 heavy (non-hydrogen) atoms. The first-order valence-electron chi connectivity index (χ1n) is 7.81. The van der Waals surface area contributed by atoms with E-state index in [1.807, 2.05) is 48.5 Å². The molecule has 3 rings (SSSR count). The lowest BCUT2D eigenvalue weighted by atomic mass is 10.1. The lowest BCUT2D eigenvalue weighted by Gasteiger charge is -2.00. The molecule has 1 fully saturated rings. The lowest BCUT2D eigenvalue weighted by molar-refractivity contribution is 0.363. The Hall–Kier alpha value is -1.95. The Bertz CT molecular complexity index is 712. The van der Waals surface area contributed by atoms with E-state index in [0.29, 0.717) is 6.10 Å². The number of hydrogen-bond acceptors (Lipinski definition) is 2. The van der Waals surface area contributed by atoms with E-state index in [1.165, 1.54) is 5.56 Å². The van der Waals surface area contributed by atoms with Crippen LogP contribution in [0.25, 0.3) is 0 Å². The molecule has 3 heteroatoms. The summed E-state index contributed by atoms with van der Waals surface area (Å²) in [7, 11) is 1.67. The Labute approximate surface area is 142 Å². The maximum absolute atomic E-state index is 5.90. The Morgan fingerprint density at radius 1 is 1.13 bits per heavy atom. The third-order valence-electron chi connectivity index (χ3n) is 3.90. The number of halogens is 1. The number of methoxy groups -OCH3 is 1. The first kappa shape index (κ1) is 15.9. The Balaban J connectivity index is 1.43. The van der Waals surface area contributed by atoms with Crippen molar-refractivity contribution in [1.82, 2.24) is 0 Å². The Kier molecular flexibility index (Phi) is 5.23. The second kappa shape index (κ2) is 7.55. The monoisotopic (exact) mass is 326 g/mol. The molecule has 0 amide bonds. The van der Waals surface area contributed by atoms with Crippen LogP contribution in [0, 0.1) is 11.8 Å². The molecular weight excluding hydrogens is 308 g/mol. The smallest absolute Gasteiger partial charge is 0.134 e. The zero-order valence-electron chi connectivity index (χ0n) is 13.1. The molecule has 1 aliphatic heterocycles. The molecule has 0 radical (unpaired) electrons. The highest BCUT2D eigenvalue weighted by molar-refractivity contribution is 6.30. The molecule has 0 bridgehead atoms. The minimum atomic E-state index is 0.231. The van der Waals surface area contributed by atoms with Gasteiger partial charge in [-0.25, -0.2) is 0 Å². The van der Waals surface area contributed by atoms with Crippen LogP contribution in [-0.4, -0.2) is 13.2 Å². The summed E-state index contributed by atoms with van der Waals surface area (Å²) in [5, 5.41) is 0.762. The first-order valence-corrected chi connectivity index (χ1v) is 8.18. The molecule has 2 aromatic rings. The van der Waals surface area contributed by atoms with Crippen LogP contribution in [0.4, 0.5) is 0 Å². The summed E-state index contributed by atoms with van der Waals surface area (Å²) in [4.78, 5) is 0. The third-order valence-corrected chi connectivity index (χ3v) is 4.15. The number of epoxide rings is 1. The molecule has 2 unspecified atom stereocenters. The second-order valence-electron chi connectivity index (χ2n) is 5.54. The SMILES string of the molecule is COc1ccccc1C#CCCCC1OC1c1ccc(Cl)cc1. The van der Waals surface area contributed by atoms with E-state index in [-0.39, 0.29) is 6.10 Å². The van der Waals surface area contributed by atoms with Gasteiger partial charge in [0.15, 0.2) is 0 Å². The number of rotatable bonds is 5. The van der Waals surface area contributed by atoms with Crippen molar-refractivity contribution in [2.24, 2.45) is 0 Å². The van der Waals surface area contributed by atoms with Gasteiger partial charge in [-0.1, -0.05) is 47.7 Å². The van der Waals surface area contributed by atoms with Crippen LogP contribution < -0.4 is 4.74 Å². The predicted octanol–water partition coefficient (Wildman–Crippen LogP) is 5.01. The molecule has 1 aliphatic rings. The quantitative estimate of drug-likeness (QED) is 0.437. The van der Waals surface area contributed by atoms with Gasteiger partial charge >= 0.3 is 0 Å². The number of benzene rings is 2. The van der Waals surface area contributed by atoms with E-state index < -0.39 is 0 Å². The molecule has 0 N–H and O–H groups in total. The molecule has 0 aromatic heterocycles. The van der Waals surface area contributed by atoms with Crippen LogP contribution in [0.3, 0.4) is 0 Å². The molecule has 0 saturated carbocycles. The molecule has 118 valence electrons. The summed E-state index contributed by atoms with van der Waals surface area (Å²) in [6.07, 6.45) is 3.49. The number of ether oxygens (including phenoxy) is 2. The van der Waals surface area contributed by atoms with E-state index in [2.05, 4.69) is 11.8 Å². The van der Waals surface area contributed by atoms with Gasteiger partial charge < -0.3 is 9.47 Å². The molecule has 0 aliphatic carbocycles. The van der Waals surface area contributed by atoms with Crippen molar-refractivity contribution >= 4 is 11.6 Å². The van der Waals surface area contributed by atoms with Crippen molar-refractivity contribution in [1.29, 1.82) is 0 Å². The predicted molar refractivity (Wildman–Crippen MR) is 92.8 cm³/mol. The Morgan fingerprint density at radius 3 is 2.70 bits per heavy atom. The topological polar surface area (TPSA) is 21.8 Å². The van der Waals surface area contributed by atoms with E-state index in [4.69, 9.17) is 21.1 Å². The van der Waals surface area contributed by atoms with Crippen LogP contribution >= 0.6 is 11.6 Å². The lowest BCUT2D eigenvalue weighted by Crippen LogP contribution is -1.89. The average molecular weight is 327 g/mol.